The predicted molar refractivity (Wildman–Crippen MR) is 82.7 cm³/mol. The number of benzene rings is 1. The van der Waals surface area contributed by atoms with Gasteiger partial charge in [-0.15, -0.1) is 0 Å². The second kappa shape index (κ2) is 8.15. The summed E-state index contributed by atoms with van der Waals surface area (Å²) < 4.78 is 11.2. The van der Waals surface area contributed by atoms with Gasteiger partial charge in [-0.25, -0.2) is 0 Å². The fourth-order valence-electron chi connectivity index (χ4n) is 2.71. The van der Waals surface area contributed by atoms with E-state index in [-0.39, 0.29) is 0 Å². The molecule has 0 saturated heterocycles. The summed E-state index contributed by atoms with van der Waals surface area (Å²) in [6.07, 6.45) is 6.09. The van der Waals surface area contributed by atoms with Gasteiger partial charge >= 0.3 is 0 Å². The minimum absolute atomic E-state index is 0.656. The standard InChI is InChI=1S/C17H27NO2/c1-3-5-15(6-4-2)18-10-9-14-7-8-16-17(13-14)20-12-11-19-16/h7-8,13,15,18H,3-6,9-12H2,1-2H3. The first-order chi connectivity index (χ1) is 9.83. The molecule has 3 nitrogen and oxygen atoms in total. The average molecular weight is 277 g/mol. The van der Waals surface area contributed by atoms with Crippen molar-refractivity contribution in [3.63, 3.8) is 0 Å². The number of nitrogens with one attached hydrogen (secondary N) is 1. The molecule has 1 heterocycles. The van der Waals surface area contributed by atoms with E-state index in [4.69, 9.17) is 9.47 Å². The van der Waals surface area contributed by atoms with Crippen molar-refractivity contribution in [1.29, 1.82) is 0 Å². The summed E-state index contributed by atoms with van der Waals surface area (Å²) in [6, 6.07) is 6.95. The molecule has 1 aromatic carbocycles. The maximum atomic E-state index is 5.62. The molecule has 0 radical (unpaired) electrons. The van der Waals surface area contributed by atoms with E-state index in [2.05, 4.69) is 31.3 Å². The van der Waals surface area contributed by atoms with Crippen molar-refractivity contribution in [3.05, 3.63) is 23.8 Å². The lowest BCUT2D eigenvalue weighted by atomic mass is 10.1. The maximum Gasteiger partial charge on any atom is 0.161 e. The Kier molecular flexibility index (Phi) is 6.19. The smallest absolute Gasteiger partial charge is 0.161 e. The first kappa shape index (κ1) is 15.2. The van der Waals surface area contributed by atoms with Gasteiger partial charge in [0.1, 0.15) is 13.2 Å². The molecule has 0 unspecified atom stereocenters. The molecular weight excluding hydrogens is 250 g/mol. The minimum Gasteiger partial charge on any atom is -0.486 e. The molecule has 0 aliphatic carbocycles. The minimum atomic E-state index is 0.656. The van der Waals surface area contributed by atoms with Gasteiger partial charge in [0.25, 0.3) is 0 Å². The van der Waals surface area contributed by atoms with Crippen LogP contribution in [-0.4, -0.2) is 25.8 Å². The molecule has 20 heavy (non-hydrogen) atoms. The molecule has 0 fully saturated rings. The highest BCUT2D eigenvalue weighted by Crippen LogP contribution is 2.30. The monoisotopic (exact) mass is 277 g/mol. The molecule has 0 atom stereocenters. The summed E-state index contributed by atoms with van der Waals surface area (Å²) in [5.74, 6) is 1.77. The van der Waals surface area contributed by atoms with E-state index in [9.17, 15) is 0 Å². The maximum absolute atomic E-state index is 5.62. The zero-order valence-electron chi connectivity index (χ0n) is 12.8. The number of rotatable bonds is 8. The van der Waals surface area contributed by atoms with E-state index in [0.29, 0.717) is 19.3 Å². The molecule has 1 aliphatic heterocycles. The highest BCUT2D eigenvalue weighted by molar-refractivity contribution is 5.43. The van der Waals surface area contributed by atoms with Crippen LogP contribution in [0.4, 0.5) is 0 Å². The van der Waals surface area contributed by atoms with Crippen molar-refractivity contribution < 1.29 is 9.47 Å². The van der Waals surface area contributed by atoms with Crippen molar-refractivity contribution in [3.8, 4) is 11.5 Å². The van der Waals surface area contributed by atoms with Crippen molar-refractivity contribution in [2.75, 3.05) is 19.8 Å². The van der Waals surface area contributed by atoms with Gasteiger partial charge in [-0.3, -0.25) is 0 Å². The van der Waals surface area contributed by atoms with Crippen LogP contribution in [0.5, 0.6) is 11.5 Å². The lowest BCUT2D eigenvalue weighted by Gasteiger charge is -2.20. The topological polar surface area (TPSA) is 30.5 Å². The van der Waals surface area contributed by atoms with E-state index < -0.39 is 0 Å². The average Bonchev–Trinajstić information content (AvgIpc) is 2.47. The van der Waals surface area contributed by atoms with Crippen LogP contribution < -0.4 is 14.8 Å². The Balaban J connectivity index is 1.81. The van der Waals surface area contributed by atoms with Gasteiger partial charge in [0.15, 0.2) is 11.5 Å². The number of ether oxygens (including phenoxy) is 2. The van der Waals surface area contributed by atoms with Crippen molar-refractivity contribution in [2.45, 2.75) is 52.0 Å². The van der Waals surface area contributed by atoms with Gasteiger partial charge in [0, 0.05) is 6.04 Å². The van der Waals surface area contributed by atoms with Gasteiger partial charge in [0.05, 0.1) is 0 Å². The van der Waals surface area contributed by atoms with Gasteiger partial charge < -0.3 is 14.8 Å². The third-order valence-corrected chi connectivity index (χ3v) is 3.73. The molecule has 0 saturated carbocycles. The van der Waals surface area contributed by atoms with Crippen LogP contribution in [0.1, 0.15) is 45.1 Å². The van der Waals surface area contributed by atoms with E-state index in [1.165, 1.54) is 31.2 Å². The van der Waals surface area contributed by atoms with Crippen LogP contribution in [0.3, 0.4) is 0 Å². The van der Waals surface area contributed by atoms with Crippen molar-refractivity contribution in [2.24, 2.45) is 0 Å². The summed E-state index contributed by atoms with van der Waals surface area (Å²) in [5.41, 5.74) is 1.31. The fraction of sp³-hybridized carbons (Fsp3) is 0.647. The van der Waals surface area contributed by atoms with E-state index in [1.807, 2.05) is 6.07 Å². The Labute approximate surface area is 122 Å². The summed E-state index contributed by atoms with van der Waals surface area (Å²) >= 11 is 0. The predicted octanol–water partition coefficient (Wildman–Crippen LogP) is 3.56. The molecule has 0 bridgehead atoms. The molecule has 2 rings (SSSR count). The van der Waals surface area contributed by atoms with E-state index >= 15 is 0 Å². The summed E-state index contributed by atoms with van der Waals surface area (Å²) in [7, 11) is 0. The zero-order chi connectivity index (χ0) is 14.2. The summed E-state index contributed by atoms with van der Waals surface area (Å²) in [4.78, 5) is 0. The molecule has 1 aromatic rings. The molecule has 0 amide bonds. The van der Waals surface area contributed by atoms with Gasteiger partial charge in [-0.2, -0.15) is 0 Å². The van der Waals surface area contributed by atoms with E-state index in [1.54, 1.807) is 0 Å². The molecule has 0 aromatic heterocycles. The fourth-order valence-corrected chi connectivity index (χ4v) is 2.71. The van der Waals surface area contributed by atoms with Crippen LogP contribution >= 0.6 is 0 Å². The first-order valence-electron chi connectivity index (χ1n) is 7.95. The molecular formula is C17H27NO2. The number of hydrogen-bond acceptors (Lipinski definition) is 3. The van der Waals surface area contributed by atoms with Crippen LogP contribution in [0.2, 0.25) is 0 Å². The second-order valence-electron chi connectivity index (χ2n) is 5.46. The molecule has 3 heteroatoms. The number of fused-ring (bicyclic) bond motifs is 1. The normalized spacial score (nSPS) is 13.8. The highest BCUT2D eigenvalue weighted by Gasteiger charge is 2.12. The Bertz CT molecular complexity index is 400. The SMILES string of the molecule is CCCC(CCC)NCCc1ccc2c(c1)OCCO2. The Morgan fingerprint density at radius 3 is 2.45 bits per heavy atom. The lowest BCUT2D eigenvalue weighted by molar-refractivity contribution is 0.171. The highest BCUT2D eigenvalue weighted by atomic mass is 16.6. The quantitative estimate of drug-likeness (QED) is 0.788. The van der Waals surface area contributed by atoms with Crippen molar-refractivity contribution >= 4 is 0 Å². The molecule has 1 N–H and O–H groups in total. The van der Waals surface area contributed by atoms with Gasteiger partial charge in [-0.05, 0) is 43.5 Å². The molecule has 1 aliphatic rings. The Morgan fingerprint density at radius 1 is 1.05 bits per heavy atom. The van der Waals surface area contributed by atoms with Gasteiger partial charge in [0.2, 0.25) is 0 Å². The zero-order valence-corrected chi connectivity index (χ0v) is 12.8. The van der Waals surface area contributed by atoms with E-state index in [0.717, 1.165) is 24.5 Å². The Hall–Kier alpha value is -1.22. The second-order valence-corrected chi connectivity index (χ2v) is 5.46. The third-order valence-electron chi connectivity index (χ3n) is 3.73. The Morgan fingerprint density at radius 2 is 1.75 bits per heavy atom. The third kappa shape index (κ3) is 4.41. The van der Waals surface area contributed by atoms with Crippen molar-refractivity contribution in [1.82, 2.24) is 5.32 Å². The number of hydrogen-bond donors (Lipinski definition) is 1. The van der Waals surface area contributed by atoms with Crippen LogP contribution in [0.15, 0.2) is 18.2 Å². The van der Waals surface area contributed by atoms with Crippen LogP contribution in [0.25, 0.3) is 0 Å². The molecule has 0 spiro atoms. The van der Waals surface area contributed by atoms with Gasteiger partial charge in [-0.1, -0.05) is 32.8 Å². The van der Waals surface area contributed by atoms with Crippen LogP contribution in [0, 0.1) is 0 Å². The largest absolute Gasteiger partial charge is 0.486 e. The molecule has 112 valence electrons. The summed E-state index contributed by atoms with van der Waals surface area (Å²) in [5, 5.41) is 3.68. The first-order valence-corrected chi connectivity index (χ1v) is 7.95. The summed E-state index contributed by atoms with van der Waals surface area (Å²) in [6.45, 7) is 6.86. The lowest BCUT2D eigenvalue weighted by Crippen LogP contribution is -2.30. The van der Waals surface area contributed by atoms with Crippen LogP contribution in [-0.2, 0) is 6.42 Å².